The molecule has 3 radical (unpaired) electrons. The van der Waals surface area contributed by atoms with Gasteiger partial charge in [0.2, 0.25) is 0 Å². The van der Waals surface area contributed by atoms with Gasteiger partial charge in [0.25, 0.3) is 0 Å². The molecule has 0 heterocycles. The minimum atomic E-state index is -0.321. The van der Waals surface area contributed by atoms with Crippen molar-refractivity contribution in [2.45, 2.75) is 33.6 Å². The van der Waals surface area contributed by atoms with Gasteiger partial charge in [0, 0.05) is 0 Å². The van der Waals surface area contributed by atoms with Crippen molar-refractivity contribution in [1.29, 1.82) is 0 Å². The summed E-state index contributed by atoms with van der Waals surface area (Å²) in [4.78, 5) is 0. The number of rotatable bonds is 2. The van der Waals surface area contributed by atoms with E-state index in [1.165, 1.54) is 0 Å². The van der Waals surface area contributed by atoms with Crippen molar-refractivity contribution in [3.8, 4) is 5.75 Å². The second kappa shape index (κ2) is 4.66. The lowest BCUT2D eigenvalue weighted by Gasteiger charge is -2.18. The maximum Gasteiger partial charge on any atom is 0.341 e. The predicted molar refractivity (Wildman–Crippen MR) is 64.0 cm³/mol. The predicted octanol–water partition coefficient (Wildman–Crippen LogP) is 3.79. The highest BCUT2D eigenvalue weighted by atomic mass is 79.9. The Morgan fingerprint density at radius 2 is 1.80 bits per heavy atom. The topological polar surface area (TPSA) is 9.23 Å². The van der Waals surface area contributed by atoms with Crippen molar-refractivity contribution >= 4 is 26.4 Å². The first-order chi connectivity index (χ1) is 6.91. The molecule has 0 aliphatic carbocycles. The molecule has 0 aromatic heterocycles. The summed E-state index contributed by atoms with van der Waals surface area (Å²) in [7, 11) is 2.88. The molecule has 0 saturated heterocycles. The Kier molecular flexibility index (Phi) is 3.95. The van der Waals surface area contributed by atoms with Gasteiger partial charge in [0.05, 0.1) is 4.47 Å². The lowest BCUT2D eigenvalue weighted by Crippen LogP contribution is -2.03. The van der Waals surface area contributed by atoms with E-state index in [1.54, 1.807) is 6.92 Å². The van der Waals surface area contributed by atoms with Crippen LogP contribution in [0.5, 0.6) is 5.75 Å². The second-order valence-electron chi connectivity index (χ2n) is 3.88. The molecule has 0 aliphatic heterocycles. The first kappa shape index (κ1) is 12.7. The SMILES string of the molecule is Cc1c(C)c(C(C)C)c(Br)c(O[Si])c1F. The van der Waals surface area contributed by atoms with E-state index in [1.807, 2.05) is 6.92 Å². The molecular weight excluding hydrogens is 275 g/mol. The lowest BCUT2D eigenvalue weighted by molar-refractivity contribution is 0.515. The van der Waals surface area contributed by atoms with Gasteiger partial charge in [0.1, 0.15) is 0 Å². The second-order valence-corrected chi connectivity index (χ2v) is 4.87. The highest BCUT2D eigenvalue weighted by Gasteiger charge is 2.20. The Balaban J connectivity index is 3.60. The molecule has 4 heteroatoms. The number of halogens is 2. The summed E-state index contributed by atoms with van der Waals surface area (Å²) in [6, 6.07) is 0. The van der Waals surface area contributed by atoms with E-state index in [0.29, 0.717) is 16.0 Å². The Morgan fingerprint density at radius 1 is 1.27 bits per heavy atom. The van der Waals surface area contributed by atoms with Crippen molar-refractivity contribution in [3.63, 3.8) is 0 Å². The zero-order chi connectivity index (χ0) is 11.7. The highest BCUT2D eigenvalue weighted by molar-refractivity contribution is 9.10. The van der Waals surface area contributed by atoms with Gasteiger partial charge in [-0.05, 0) is 52.4 Å². The Hall–Kier alpha value is -0.353. The first-order valence-corrected chi connectivity index (χ1v) is 5.93. The molecule has 0 fully saturated rings. The standard InChI is InChI=1S/C11H13BrFOSi/c1-5(2)8-6(3)7(4)10(13)11(14-15)9(8)12/h5H,1-4H3. The highest BCUT2D eigenvalue weighted by Crippen LogP contribution is 2.39. The van der Waals surface area contributed by atoms with E-state index in [9.17, 15) is 4.39 Å². The molecule has 0 aliphatic rings. The first-order valence-electron chi connectivity index (χ1n) is 4.73. The summed E-state index contributed by atoms with van der Waals surface area (Å²) >= 11 is 3.38. The van der Waals surface area contributed by atoms with Crippen LogP contribution in [0, 0.1) is 19.7 Å². The molecule has 0 N–H and O–H groups in total. The van der Waals surface area contributed by atoms with Crippen molar-refractivity contribution in [2.24, 2.45) is 0 Å². The Labute approximate surface area is 102 Å². The fourth-order valence-corrected chi connectivity index (χ4v) is 3.05. The zero-order valence-electron chi connectivity index (χ0n) is 9.24. The number of hydrogen-bond donors (Lipinski definition) is 0. The normalized spacial score (nSPS) is 10.9. The summed E-state index contributed by atoms with van der Waals surface area (Å²) in [6.45, 7) is 7.83. The number of benzene rings is 1. The molecule has 0 bridgehead atoms. The van der Waals surface area contributed by atoms with Crippen LogP contribution in [0.2, 0.25) is 0 Å². The Bertz CT molecular complexity index is 391. The zero-order valence-corrected chi connectivity index (χ0v) is 11.8. The molecule has 1 aromatic rings. The van der Waals surface area contributed by atoms with E-state index in [0.717, 1.165) is 11.1 Å². The molecule has 15 heavy (non-hydrogen) atoms. The van der Waals surface area contributed by atoms with Gasteiger partial charge in [-0.15, -0.1) is 0 Å². The fourth-order valence-electron chi connectivity index (χ4n) is 1.70. The largest absolute Gasteiger partial charge is 0.538 e. The van der Waals surface area contributed by atoms with Gasteiger partial charge >= 0.3 is 10.5 Å². The molecule has 0 spiro atoms. The van der Waals surface area contributed by atoms with Crippen LogP contribution in [-0.2, 0) is 0 Å². The number of hydrogen-bond acceptors (Lipinski definition) is 1. The van der Waals surface area contributed by atoms with E-state index < -0.39 is 0 Å². The van der Waals surface area contributed by atoms with Crippen LogP contribution in [0.3, 0.4) is 0 Å². The quantitative estimate of drug-likeness (QED) is 0.752. The molecule has 0 saturated carbocycles. The third-order valence-electron chi connectivity index (χ3n) is 2.61. The van der Waals surface area contributed by atoms with Crippen LogP contribution < -0.4 is 4.43 Å². The molecule has 0 unspecified atom stereocenters. The lowest BCUT2D eigenvalue weighted by atomic mass is 9.94. The van der Waals surface area contributed by atoms with Gasteiger partial charge in [-0.3, -0.25) is 0 Å². The van der Waals surface area contributed by atoms with Gasteiger partial charge in [-0.25, -0.2) is 4.39 Å². The smallest absolute Gasteiger partial charge is 0.341 e. The monoisotopic (exact) mass is 287 g/mol. The third kappa shape index (κ3) is 2.11. The van der Waals surface area contributed by atoms with Gasteiger partial charge in [-0.1, -0.05) is 13.8 Å². The maximum absolute atomic E-state index is 13.8. The minimum absolute atomic E-state index is 0.221. The maximum atomic E-state index is 13.8. The van der Waals surface area contributed by atoms with Crippen LogP contribution in [0.1, 0.15) is 36.5 Å². The van der Waals surface area contributed by atoms with Crippen LogP contribution >= 0.6 is 15.9 Å². The molecule has 0 amide bonds. The van der Waals surface area contributed by atoms with E-state index in [4.69, 9.17) is 4.43 Å². The Morgan fingerprint density at radius 3 is 2.20 bits per heavy atom. The van der Waals surface area contributed by atoms with Crippen LogP contribution in [0.15, 0.2) is 4.47 Å². The molecule has 0 atom stereocenters. The summed E-state index contributed by atoms with van der Waals surface area (Å²) in [5.74, 6) is 0.219. The molecule has 1 nitrogen and oxygen atoms in total. The van der Waals surface area contributed by atoms with E-state index in [-0.39, 0.29) is 11.6 Å². The van der Waals surface area contributed by atoms with Gasteiger partial charge < -0.3 is 4.43 Å². The molecule has 1 aromatic carbocycles. The minimum Gasteiger partial charge on any atom is -0.538 e. The molecule has 81 valence electrons. The van der Waals surface area contributed by atoms with Gasteiger partial charge in [-0.2, -0.15) is 0 Å². The van der Waals surface area contributed by atoms with Crippen LogP contribution in [-0.4, -0.2) is 10.5 Å². The summed E-state index contributed by atoms with van der Waals surface area (Å²) in [6.07, 6.45) is 0. The summed E-state index contributed by atoms with van der Waals surface area (Å²) in [5, 5.41) is 0. The molecule has 1 rings (SSSR count). The van der Waals surface area contributed by atoms with E-state index in [2.05, 4.69) is 40.3 Å². The average Bonchev–Trinajstić information content (AvgIpc) is 2.15. The van der Waals surface area contributed by atoms with Crippen molar-refractivity contribution in [1.82, 2.24) is 0 Å². The molecular formula is C11H13BrFOSi. The average molecular weight is 288 g/mol. The third-order valence-corrected chi connectivity index (χ3v) is 3.60. The van der Waals surface area contributed by atoms with Crippen molar-refractivity contribution in [2.75, 3.05) is 0 Å². The summed E-state index contributed by atoms with van der Waals surface area (Å²) < 4.78 is 19.4. The van der Waals surface area contributed by atoms with Crippen molar-refractivity contribution < 1.29 is 8.82 Å². The van der Waals surface area contributed by atoms with E-state index >= 15 is 0 Å². The fraction of sp³-hybridized carbons (Fsp3) is 0.455. The summed E-state index contributed by atoms with van der Waals surface area (Å²) in [5.41, 5.74) is 2.69. The van der Waals surface area contributed by atoms with Gasteiger partial charge in [0.15, 0.2) is 11.6 Å². The van der Waals surface area contributed by atoms with Crippen molar-refractivity contribution in [3.05, 3.63) is 27.0 Å². The van der Waals surface area contributed by atoms with Crippen LogP contribution in [0.4, 0.5) is 4.39 Å². The van der Waals surface area contributed by atoms with Crippen LogP contribution in [0.25, 0.3) is 0 Å².